The van der Waals surface area contributed by atoms with Gasteiger partial charge in [-0.2, -0.15) is 5.10 Å². The van der Waals surface area contributed by atoms with Crippen LogP contribution in [-0.2, 0) is 0 Å². The summed E-state index contributed by atoms with van der Waals surface area (Å²) < 4.78 is 0. The van der Waals surface area contributed by atoms with Crippen molar-refractivity contribution in [1.29, 1.82) is 0 Å². The van der Waals surface area contributed by atoms with Crippen LogP contribution in [0.5, 0.6) is 0 Å². The second kappa shape index (κ2) is 4.22. The van der Waals surface area contributed by atoms with Crippen LogP contribution in [0.15, 0.2) is 29.4 Å². The fourth-order valence-electron chi connectivity index (χ4n) is 0.824. The number of carbonyl (C=O) groups is 1. The van der Waals surface area contributed by atoms with E-state index in [-0.39, 0.29) is 5.56 Å². The van der Waals surface area contributed by atoms with Crippen LogP contribution in [0.3, 0.4) is 0 Å². The summed E-state index contributed by atoms with van der Waals surface area (Å²) in [5, 5.41) is 12.2. The highest BCUT2D eigenvalue weighted by Gasteiger charge is 1.99. The molecule has 0 fully saturated rings. The lowest BCUT2D eigenvalue weighted by atomic mass is 10.1. The van der Waals surface area contributed by atoms with Gasteiger partial charge in [-0.3, -0.25) is 0 Å². The normalized spacial score (nSPS) is 10.2. The van der Waals surface area contributed by atoms with Gasteiger partial charge in [-0.25, -0.2) is 16.2 Å². The van der Waals surface area contributed by atoms with Crippen molar-refractivity contribution in [3.63, 3.8) is 0 Å². The van der Waals surface area contributed by atoms with Crippen LogP contribution in [0.2, 0.25) is 0 Å². The number of rotatable bonds is 3. The van der Waals surface area contributed by atoms with E-state index < -0.39 is 5.97 Å². The number of hydrazone groups is 1. The standard InChI is InChI=1S/C8H9N3O2/c9-11-10-5-6-1-3-7(4-2-6)8(12)13/h1-5,11H,9H2,(H,12,13). The molecule has 0 spiro atoms. The number of benzene rings is 1. The highest BCUT2D eigenvalue weighted by molar-refractivity contribution is 5.89. The lowest BCUT2D eigenvalue weighted by molar-refractivity contribution is 0.0697. The third-order valence-electron chi connectivity index (χ3n) is 1.45. The number of carboxylic acids is 1. The number of hydrazine groups is 1. The molecule has 0 aliphatic carbocycles. The van der Waals surface area contributed by atoms with Crippen LogP contribution in [0.4, 0.5) is 0 Å². The molecule has 0 heterocycles. The summed E-state index contributed by atoms with van der Waals surface area (Å²) in [6.45, 7) is 0. The fraction of sp³-hybridized carbons (Fsp3) is 0. The quantitative estimate of drug-likeness (QED) is 0.351. The van der Waals surface area contributed by atoms with Crippen molar-refractivity contribution in [3.8, 4) is 0 Å². The highest BCUT2D eigenvalue weighted by atomic mass is 16.4. The zero-order valence-corrected chi connectivity index (χ0v) is 6.77. The lowest BCUT2D eigenvalue weighted by Crippen LogP contribution is -2.13. The van der Waals surface area contributed by atoms with Gasteiger partial charge in [-0.15, -0.1) is 0 Å². The molecule has 0 aliphatic heterocycles. The van der Waals surface area contributed by atoms with E-state index >= 15 is 0 Å². The average molecular weight is 179 g/mol. The molecule has 0 aliphatic rings. The number of aromatic carboxylic acids is 1. The third-order valence-corrected chi connectivity index (χ3v) is 1.45. The van der Waals surface area contributed by atoms with Crippen LogP contribution >= 0.6 is 0 Å². The van der Waals surface area contributed by atoms with Crippen molar-refractivity contribution in [2.24, 2.45) is 10.9 Å². The Kier molecular flexibility index (Phi) is 2.99. The first-order valence-corrected chi connectivity index (χ1v) is 3.56. The molecular formula is C8H9N3O2. The van der Waals surface area contributed by atoms with Crippen LogP contribution in [0, 0.1) is 0 Å². The molecule has 1 aromatic rings. The molecule has 5 heteroatoms. The SMILES string of the molecule is NNN=Cc1ccc(C(=O)O)cc1. The number of nitrogens with two attached hydrogens (primary N) is 1. The molecule has 0 saturated heterocycles. The molecule has 0 bridgehead atoms. The Morgan fingerprint density at radius 2 is 2.08 bits per heavy atom. The molecule has 0 unspecified atom stereocenters. The Bertz CT molecular complexity index is 319. The molecule has 0 radical (unpaired) electrons. The number of hydrogen-bond donors (Lipinski definition) is 3. The van der Waals surface area contributed by atoms with Gasteiger partial charge >= 0.3 is 5.97 Å². The minimum atomic E-state index is -0.944. The van der Waals surface area contributed by atoms with Gasteiger partial charge in [-0.05, 0) is 17.7 Å². The van der Waals surface area contributed by atoms with Gasteiger partial charge in [0.2, 0.25) is 0 Å². The van der Waals surface area contributed by atoms with E-state index in [4.69, 9.17) is 10.9 Å². The van der Waals surface area contributed by atoms with Gasteiger partial charge in [0.25, 0.3) is 0 Å². The summed E-state index contributed by atoms with van der Waals surface area (Å²) in [5.41, 5.74) is 3.14. The van der Waals surface area contributed by atoms with Crippen LogP contribution in [0.25, 0.3) is 0 Å². The van der Waals surface area contributed by atoms with E-state index in [1.165, 1.54) is 18.3 Å². The first kappa shape index (κ1) is 9.21. The lowest BCUT2D eigenvalue weighted by Gasteiger charge is -1.94. The first-order valence-electron chi connectivity index (χ1n) is 3.56. The van der Waals surface area contributed by atoms with Crippen molar-refractivity contribution < 1.29 is 9.90 Å². The van der Waals surface area contributed by atoms with Crippen LogP contribution in [0.1, 0.15) is 15.9 Å². The fourth-order valence-corrected chi connectivity index (χ4v) is 0.824. The van der Waals surface area contributed by atoms with Gasteiger partial charge in [0.15, 0.2) is 0 Å². The van der Waals surface area contributed by atoms with E-state index in [0.717, 1.165) is 5.56 Å². The molecule has 68 valence electrons. The monoisotopic (exact) mass is 179 g/mol. The molecule has 13 heavy (non-hydrogen) atoms. The van der Waals surface area contributed by atoms with Gasteiger partial charge in [0, 0.05) is 0 Å². The van der Waals surface area contributed by atoms with Gasteiger partial charge in [0.05, 0.1) is 11.8 Å². The molecular weight excluding hydrogens is 170 g/mol. The van der Waals surface area contributed by atoms with Crippen molar-refractivity contribution in [2.75, 3.05) is 0 Å². The number of nitrogens with zero attached hydrogens (tertiary/aromatic N) is 1. The maximum Gasteiger partial charge on any atom is 0.335 e. The van der Waals surface area contributed by atoms with E-state index in [1.807, 2.05) is 0 Å². The Hall–Kier alpha value is -1.88. The van der Waals surface area contributed by atoms with Crippen molar-refractivity contribution in [2.45, 2.75) is 0 Å². The summed E-state index contributed by atoms with van der Waals surface area (Å²) in [6, 6.07) is 6.29. The second-order valence-electron chi connectivity index (χ2n) is 2.31. The van der Waals surface area contributed by atoms with Crippen LogP contribution in [-0.4, -0.2) is 17.3 Å². The number of hydrogen-bond acceptors (Lipinski definition) is 4. The van der Waals surface area contributed by atoms with Gasteiger partial charge in [0.1, 0.15) is 0 Å². The van der Waals surface area contributed by atoms with E-state index in [2.05, 4.69) is 10.6 Å². The Morgan fingerprint density at radius 1 is 1.46 bits per heavy atom. The molecule has 5 nitrogen and oxygen atoms in total. The topological polar surface area (TPSA) is 87.7 Å². The van der Waals surface area contributed by atoms with E-state index in [0.29, 0.717) is 0 Å². The average Bonchev–Trinajstić information content (AvgIpc) is 2.15. The first-order chi connectivity index (χ1) is 6.24. The summed E-state index contributed by atoms with van der Waals surface area (Å²) in [6.07, 6.45) is 1.49. The molecule has 1 aromatic carbocycles. The largest absolute Gasteiger partial charge is 0.478 e. The Balaban J connectivity index is 2.81. The second-order valence-corrected chi connectivity index (χ2v) is 2.31. The maximum atomic E-state index is 10.5. The zero-order chi connectivity index (χ0) is 9.68. The Labute approximate surface area is 74.8 Å². The van der Waals surface area contributed by atoms with Gasteiger partial charge < -0.3 is 5.11 Å². The van der Waals surface area contributed by atoms with Crippen molar-refractivity contribution in [1.82, 2.24) is 5.53 Å². The maximum absolute atomic E-state index is 10.5. The molecule has 1 rings (SSSR count). The summed E-state index contributed by atoms with van der Waals surface area (Å²) in [7, 11) is 0. The smallest absolute Gasteiger partial charge is 0.335 e. The van der Waals surface area contributed by atoms with Crippen molar-refractivity contribution >= 4 is 12.2 Å². The predicted molar refractivity (Wildman–Crippen MR) is 48.3 cm³/mol. The minimum absolute atomic E-state index is 0.248. The molecule has 4 N–H and O–H groups in total. The number of carboxylic acid groups (broad SMARTS) is 1. The molecule has 0 saturated carbocycles. The summed E-state index contributed by atoms with van der Waals surface area (Å²) in [5.74, 6) is 3.97. The predicted octanol–water partition coefficient (Wildman–Crippen LogP) is 0.182. The van der Waals surface area contributed by atoms with Crippen molar-refractivity contribution in [3.05, 3.63) is 35.4 Å². The van der Waals surface area contributed by atoms with E-state index in [9.17, 15) is 4.79 Å². The minimum Gasteiger partial charge on any atom is -0.478 e. The molecule has 0 atom stereocenters. The van der Waals surface area contributed by atoms with E-state index in [1.54, 1.807) is 12.1 Å². The summed E-state index contributed by atoms with van der Waals surface area (Å²) >= 11 is 0. The number of nitrogens with one attached hydrogen (secondary N) is 1. The zero-order valence-electron chi connectivity index (χ0n) is 6.77. The highest BCUT2D eigenvalue weighted by Crippen LogP contribution is 2.01. The van der Waals surface area contributed by atoms with Crippen LogP contribution < -0.4 is 11.4 Å². The summed E-state index contributed by atoms with van der Waals surface area (Å²) in [4.78, 5) is 10.5. The van der Waals surface area contributed by atoms with Gasteiger partial charge in [-0.1, -0.05) is 12.1 Å². The third kappa shape index (κ3) is 2.57. The molecule has 0 amide bonds. The Morgan fingerprint density at radius 3 is 2.54 bits per heavy atom. The molecule has 0 aromatic heterocycles.